The van der Waals surface area contributed by atoms with Crippen LogP contribution >= 0.6 is 11.8 Å². The van der Waals surface area contributed by atoms with E-state index in [-0.39, 0.29) is 34.8 Å². The predicted molar refractivity (Wildman–Crippen MR) is 84.2 cm³/mol. The third kappa shape index (κ3) is 2.62. The van der Waals surface area contributed by atoms with Crippen LogP contribution in [0.1, 0.15) is 25.8 Å². The zero-order valence-corrected chi connectivity index (χ0v) is 13.1. The van der Waals surface area contributed by atoms with Crippen molar-refractivity contribution in [3.05, 3.63) is 35.9 Å². The van der Waals surface area contributed by atoms with Gasteiger partial charge < -0.3 is 9.47 Å². The summed E-state index contributed by atoms with van der Waals surface area (Å²) in [5.74, 6) is 0.0599. The molecule has 0 saturated carbocycles. The standard InChI is InChI=1S/C16H19BO3S/c1-10-14-15(17)20-16(10,11(2)21-14)8-13(18)19-9-12-6-4-3-5-7-12/h3-7,10-11,14-15H,8-9H2,1-2H3/t10?,11?,14-,15+,16-/m0/s1. The number of hydrogen-bond acceptors (Lipinski definition) is 4. The summed E-state index contributed by atoms with van der Waals surface area (Å²) in [4.78, 5) is 12.2. The predicted octanol–water partition coefficient (Wildman–Crippen LogP) is 2.52. The van der Waals surface area contributed by atoms with Crippen LogP contribution < -0.4 is 0 Å². The topological polar surface area (TPSA) is 35.5 Å². The van der Waals surface area contributed by atoms with Gasteiger partial charge in [-0.1, -0.05) is 44.2 Å². The van der Waals surface area contributed by atoms with Crippen LogP contribution in [0.4, 0.5) is 0 Å². The van der Waals surface area contributed by atoms with Gasteiger partial charge in [-0.25, -0.2) is 0 Å². The van der Waals surface area contributed by atoms with Crippen molar-refractivity contribution in [2.24, 2.45) is 5.92 Å². The molecule has 2 unspecified atom stereocenters. The van der Waals surface area contributed by atoms with Crippen molar-refractivity contribution in [3.8, 4) is 0 Å². The first-order chi connectivity index (χ1) is 10.0. The Morgan fingerprint density at radius 1 is 1.38 bits per heavy atom. The van der Waals surface area contributed by atoms with E-state index in [0.29, 0.717) is 6.61 Å². The maximum atomic E-state index is 12.2. The van der Waals surface area contributed by atoms with Gasteiger partial charge in [-0.2, -0.15) is 11.8 Å². The van der Waals surface area contributed by atoms with Crippen LogP contribution in [0.2, 0.25) is 0 Å². The smallest absolute Gasteiger partial charge is 0.309 e. The van der Waals surface area contributed by atoms with E-state index >= 15 is 0 Å². The van der Waals surface area contributed by atoms with Crippen LogP contribution in [0.3, 0.4) is 0 Å². The fourth-order valence-corrected chi connectivity index (χ4v) is 5.10. The minimum atomic E-state index is -0.470. The van der Waals surface area contributed by atoms with Crippen molar-refractivity contribution in [3.63, 3.8) is 0 Å². The van der Waals surface area contributed by atoms with E-state index in [1.165, 1.54) is 0 Å². The lowest BCUT2D eigenvalue weighted by Crippen LogP contribution is -2.44. The van der Waals surface area contributed by atoms with Gasteiger partial charge in [0.15, 0.2) is 0 Å². The first-order valence-corrected chi connectivity index (χ1v) is 8.25. The largest absolute Gasteiger partial charge is 0.461 e. The fourth-order valence-electron chi connectivity index (χ4n) is 3.36. The summed E-state index contributed by atoms with van der Waals surface area (Å²) in [6.07, 6.45) is 0.277. The molecule has 2 aliphatic heterocycles. The van der Waals surface area contributed by atoms with E-state index < -0.39 is 5.60 Å². The summed E-state index contributed by atoms with van der Waals surface area (Å²) >= 11 is 1.83. The van der Waals surface area contributed by atoms with Crippen molar-refractivity contribution in [1.29, 1.82) is 0 Å². The molecular weight excluding hydrogens is 283 g/mol. The summed E-state index contributed by atoms with van der Waals surface area (Å²) < 4.78 is 11.3. The molecule has 21 heavy (non-hydrogen) atoms. The number of fused-ring (bicyclic) bond motifs is 2. The van der Waals surface area contributed by atoms with Crippen molar-refractivity contribution < 1.29 is 14.3 Å². The molecule has 5 atom stereocenters. The first-order valence-electron chi connectivity index (χ1n) is 7.31. The average Bonchev–Trinajstić information content (AvgIpc) is 2.84. The lowest BCUT2D eigenvalue weighted by atomic mass is 9.82. The van der Waals surface area contributed by atoms with E-state index in [1.807, 2.05) is 42.1 Å². The fraction of sp³-hybridized carbons (Fsp3) is 0.562. The molecule has 0 amide bonds. The Bertz CT molecular complexity index is 524. The normalized spacial score (nSPS) is 37.6. The van der Waals surface area contributed by atoms with Crippen LogP contribution in [-0.4, -0.2) is 35.9 Å². The van der Waals surface area contributed by atoms with Crippen LogP contribution in [0.15, 0.2) is 30.3 Å². The third-order valence-corrected chi connectivity index (χ3v) is 6.45. The molecule has 5 heteroatoms. The molecule has 3 nitrogen and oxygen atoms in total. The highest BCUT2D eigenvalue weighted by atomic mass is 32.2. The van der Waals surface area contributed by atoms with Gasteiger partial charge in [-0.3, -0.25) is 4.79 Å². The minimum absolute atomic E-state index is 0.215. The van der Waals surface area contributed by atoms with Gasteiger partial charge >= 0.3 is 5.97 Å². The Morgan fingerprint density at radius 3 is 2.71 bits per heavy atom. The molecule has 2 aliphatic rings. The van der Waals surface area contributed by atoms with E-state index in [0.717, 1.165) is 5.56 Å². The molecular formula is C16H19BO3S. The van der Waals surface area contributed by atoms with Crippen LogP contribution in [-0.2, 0) is 20.9 Å². The Balaban J connectivity index is 1.62. The molecule has 0 spiro atoms. The summed E-state index contributed by atoms with van der Waals surface area (Å²) in [7, 11) is 6.00. The number of rotatable bonds is 4. The lowest BCUT2D eigenvalue weighted by molar-refractivity contribution is -0.153. The molecule has 3 rings (SSSR count). The first kappa shape index (κ1) is 15.0. The van der Waals surface area contributed by atoms with Gasteiger partial charge in [0.05, 0.1) is 12.0 Å². The van der Waals surface area contributed by atoms with Gasteiger partial charge in [0.25, 0.3) is 0 Å². The molecule has 2 fully saturated rings. The number of carbonyl (C=O) groups is 1. The molecule has 2 saturated heterocycles. The molecule has 110 valence electrons. The number of benzene rings is 1. The zero-order valence-electron chi connectivity index (χ0n) is 12.3. The Kier molecular flexibility index (Phi) is 4.06. The summed E-state index contributed by atoms with van der Waals surface area (Å²) in [6, 6.07) is 9.42. The second-order valence-electron chi connectivity index (χ2n) is 5.89. The summed E-state index contributed by atoms with van der Waals surface area (Å²) in [6.45, 7) is 4.54. The molecule has 0 aromatic heterocycles. The molecule has 2 heterocycles. The SMILES string of the molecule is [B][C@@H]1O[C@]2(CC(=O)OCc3ccccc3)C(C)S[C@H]1C2C. The number of esters is 1. The van der Waals surface area contributed by atoms with E-state index in [1.54, 1.807) is 0 Å². The van der Waals surface area contributed by atoms with Crippen molar-refractivity contribution >= 4 is 25.6 Å². The zero-order chi connectivity index (χ0) is 15.0. The van der Waals surface area contributed by atoms with Gasteiger partial charge in [0, 0.05) is 22.4 Å². The van der Waals surface area contributed by atoms with Gasteiger partial charge in [-0.15, -0.1) is 0 Å². The number of carbonyl (C=O) groups excluding carboxylic acids is 1. The maximum absolute atomic E-state index is 12.2. The van der Waals surface area contributed by atoms with E-state index in [2.05, 4.69) is 13.8 Å². The van der Waals surface area contributed by atoms with Gasteiger partial charge in [0.2, 0.25) is 0 Å². The van der Waals surface area contributed by atoms with Gasteiger partial charge in [-0.05, 0) is 5.56 Å². The molecule has 2 bridgehead atoms. The molecule has 0 aliphatic carbocycles. The maximum Gasteiger partial charge on any atom is 0.309 e. The number of ether oxygens (including phenoxy) is 2. The second kappa shape index (κ2) is 5.69. The highest BCUT2D eigenvalue weighted by molar-refractivity contribution is 8.01. The van der Waals surface area contributed by atoms with Crippen molar-refractivity contribution in [1.82, 2.24) is 0 Å². The highest BCUT2D eigenvalue weighted by Gasteiger charge is 2.61. The second-order valence-corrected chi connectivity index (χ2v) is 7.42. The quantitative estimate of drug-likeness (QED) is 0.632. The Hall–Kier alpha value is -0.935. The highest BCUT2D eigenvalue weighted by Crippen LogP contribution is 2.56. The van der Waals surface area contributed by atoms with Crippen molar-refractivity contribution in [2.75, 3.05) is 0 Å². The summed E-state index contributed by atoms with van der Waals surface area (Å²) in [5.41, 5.74) is 0.523. The monoisotopic (exact) mass is 302 g/mol. The van der Waals surface area contributed by atoms with Gasteiger partial charge in [0.1, 0.15) is 14.5 Å². The van der Waals surface area contributed by atoms with Crippen LogP contribution in [0, 0.1) is 5.92 Å². The van der Waals surface area contributed by atoms with Crippen molar-refractivity contribution in [2.45, 2.75) is 49.0 Å². The number of thioether (sulfide) groups is 1. The Morgan fingerprint density at radius 2 is 2.10 bits per heavy atom. The molecule has 1 aromatic carbocycles. The van der Waals surface area contributed by atoms with Crippen LogP contribution in [0.5, 0.6) is 0 Å². The van der Waals surface area contributed by atoms with E-state index in [9.17, 15) is 4.79 Å². The third-order valence-electron chi connectivity index (χ3n) is 4.66. The number of hydrogen-bond donors (Lipinski definition) is 0. The Labute approximate surface area is 131 Å². The minimum Gasteiger partial charge on any atom is -0.461 e. The van der Waals surface area contributed by atoms with Crippen LogP contribution in [0.25, 0.3) is 0 Å². The van der Waals surface area contributed by atoms with E-state index in [4.69, 9.17) is 17.3 Å². The lowest BCUT2D eigenvalue weighted by Gasteiger charge is -2.35. The average molecular weight is 302 g/mol. The molecule has 2 radical (unpaired) electrons. The molecule has 0 N–H and O–H groups in total. The summed E-state index contributed by atoms with van der Waals surface area (Å²) in [5, 5.41) is 0.545. The molecule has 1 aromatic rings.